The molecule has 0 aliphatic heterocycles. The Hall–Kier alpha value is -1.11. The van der Waals surface area contributed by atoms with Gasteiger partial charge in [0.15, 0.2) is 0 Å². The van der Waals surface area contributed by atoms with Gasteiger partial charge in [0.25, 0.3) is 0 Å². The van der Waals surface area contributed by atoms with Gasteiger partial charge in [-0.05, 0) is 57.5 Å². The maximum atomic E-state index is 12.6. The molecule has 0 spiro atoms. The van der Waals surface area contributed by atoms with Crippen molar-refractivity contribution in [1.29, 1.82) is 0 Å². The van der Waals surface area contributed by atoms with Gasteiger partial charge in [-0.2, -0.15) is 0 Å². The monoisotopic (exact) mass is 311 g/mol. The molecule has 118 valence electrons. The molecule has 0 heterocycles. The van der Waals surface area contributed by atoms with E-state index in [-0.39, 0.29) is 5.54 Å². The molecule has 21 heavy (non-hydrogen) atoms. The van der Waals surface area contributed by atoms with E-state index in [4.69, 9.17) is 5.73 Å². The standard InChI is InChI=1S/C15H25N3O2S/c1-4-12-6-7-13(16)10-14(12)21(19,20)17-11-15(18(2)3)8-5-9-15/h6-7,10,17H,4-5,8-9,11,16H2,1-3H3. The van der Waals surface area contributed by atoms with Crippen LogP contribution in [0.5, 0.6) is 0 Å². The third-order valence-electron chi connectivity index (χ3n) is 4.59. The molecule has 1 fully saturated rings. The van der Waals surface area contributed by atoms with Crippen molar-refractivity contribution < 1.29 is 8.42 Å². The molecule has 0 atom stereocenters. The largest absolute Gasteiger partial charge is 0.399 e. The van der Waals surface area contributed by atoms with Crippen molar-refractivity contribution in [3.8, 4) is 0 Å². The Morgan fingerprint density at radius 1 is 1.33 bits per heavy atom. The fraction of sp³-hybridized carbons (Fsp3) is 0.600. The van der Waals surface area contributed by atoms with Crippen LogP contribution < -0.4 is 10.5 Å². The highest BCUT2D eigenvalue weighted by atomic mass is 32.2. The first kappa shape index (κ1) is 16.3. The smallest absolute Gasteiger partial charge is 0.240 e. The minimum atomic E-state index is -3.53. The SMILES string of the molecule is CCc1ccc(N)cc1S(=O)(=O)NCC1(N(C)C)CCC1. The molecule has 1 saturated carbocycles. The molecule has 0 bridgehead atoms. The first-order chi connectivity index (χ1) is 9.81. The second-order valence-corrected chi connectivity index (χ2v) is 7.75. The van der Waals surface area contributed by atoms with Gasteiger partial charge < -0.3 is 10.6 Å². The summed E-state index contributed by atoms with van der Waals surface area (Å²) in [5.41, 5.74) is 6.97. The average molecular weight is 311 g/mol. The topological polar surface area (TPSA) is 75.4 Å². The van der Waals surface area contributed by atoms with E-state index in [1.165, 1.54) is 0 Å². The summed E-state index contributed by atoms with van der Waals surface area (Å²) in [6.07, 6.45) is 3.87. The number of aryl methyl sites for hydroxylation is 1. The van der Waals surface area contributed by atoms with Crippen molar-refractivity contribution >= 4 is 15.7 Å². The maximum Gasteiger partial charge on any atom is 0.240 e. The molecule has 6 heteroatoms. The highest BCUT2D eigenvalue weighted by Gasteiger charge is 2.40. The van der Waals surface area contributed by atoms with Gasteiger partial charge in [-0.15, -0.1) is 0 Å². The average Bonchev–Trinajstić information content (AvgIpc) is 2.36. The summed E-state index contributed by atoms with van der Waals surface area (Å²) in [5, 5.41) is 0. The zero-order chi connectivity index (χ0) is 15.7. The quantitative estimate of drug-likeness (QED) is 0.782. The normalized spacial score (nSPS) is 17.7. The van der Waals surface area contributed by atoms with Crippen LogP contribution in [0, 0.1) is 0 Å². The van der Waals surface area contributed by atoms with Gasteiger partial charge in [0.2, 0.25) is 10.0 Å². The molecule has 0 aromatic heterocycles. The molecule has 1 aliphatic rings. The highest BCUT2D eigenvalue weighted by Crippen LogP contribution is 2.35. The lowest BCUT2D eigenvalue weighted by atomic mass is 9.76. The van der Waals surface area contributed by atoms with Crippen molar-refractivity contribution in [2.24, 2.45) is 0 Å². The Morgan fingerprint density at radius 2 is 2.00 bits per heavy atom. The summed E-state index contributed by atoms with van der Waals surface area (Å²) in [4.78, 5) is 2.43. The summed E-state index contributed by atoms with van der Waals surface area (Å²) in [7, 11) is 0.486. The number of hydrogen-bond acceptors (Lipinski definition) is 4. The zero-order valence-electron chi connectivity index (χ0n) is 13.0. The van der Waals surface area contributed by atoms with Gasteiger partial charge >= 0.3 is 0 Å². The van der Waals surface area contributed by atoms with Crippen LogP contribution in [0.3, 0.4) is 0 Å². The number of nitrogens with zero attached hydrogens (tertiary/aromatic N) is 1. The van der Waals surface area contributed by atoms with Crippen LogP contribution in [0.2, 0.25) is 0 Å². The van der Waals surface area contributed by atoms with E-state index in [9.17, 15) is 8.42 Å². The molecule has 1 aliphatic carbocycles. The van der Waals surface area contributed by atoms with Crippen LogP contribution in [0.1, 0.15) is 31.7 Å². The van der Waals surface area contributed by atoms with Crippen LogP contribution in [0.4, 0.5) is 5.69 Å². The number of sulfonamides is 1. The minimum absolute atomic E-state index is 0.0419. The molecule has 0 radical (unpaired) electrons. The van der Waals surface area contributed by atoms with E-state index in [0.29, 0.717) is 23.5 Å². The van der Waals surface area contributed by atoms with Crippen molar-refractivity contribution in [1.82, 2.24) is 9.62 Å². The number of likely N-dealkylation sites (N-methyl/N-ethyl adjacent to an activating group) is 1. The Labute approximate surface area is 127 Å². The molecular formula is C15H25N3O2S. The summed E-state index contributed by atoms with van der Waals surface area (Å²) >= 11 is 0. The fourth-order valence-corrected chi connectivity index (χ4v) is 4.25. The van der Waals surface area contributed by atoms with E-state index in [1.807, 2.05) is 21.0 Å². The summed E-state index contributed by atoms with van der Waals surface area (Å²) < 4.78 is 28.0. The lowest BCUT2D eigenvalue weighted by Gasteiger charge is -2.47. The van der Waals surface area contributed by atoms with E-state index in [1.54, 1.807) is 18.2 Å². The zero-order valence-corrected chi connectivity index (χ0v) is 13.8. The molecule has 0 saturated heterocycles. The van der Waals surface area contributed by atoms with Crippen LogP contribution >= 0.6 is 0 Å². The first-order valence-electron chi connectivity index (χ1n) is 7.36. The number of rotatable bonds is 6. The van der Waals surface area contributed by atoms with Gasteiger partial charge in [0.05, 0.1) is 4.90 Å². The second-order valence-electron chi connectivity index (χ2n) is 6.02. The fourth-order valence-electron chi connectivity index (χ4n) is 2.79. The van der Waals surface area contributed by atoms with Gasteiger partial charge in [-0.1, -0.05) is 13.0 Å². The third-order valence-corrected chi connectivity index (χ3v) is 6.07. The maximum absolute atomic E-state index is 12.6. The molecule has 0 unspecified atom stereocenters. The van der Waals surface area contributed by atoms with Gasteiger partial charge in [-0.25, -0.2) is 13.1 Å². The van der Waals surface area contributed by atoms with E-state index in [2.05, 4.69) is 9.62 Å². The predicted octanol–water partition coefficient (Wildman–Crippen LogP) is 1.59. The van der Waals surface area contributed by atoms with Crippen molar-refractivity contribution in [3.63, 3.8) is 0 Å². The van der Waals surface area contributed by atoms with Gasteiger partial charge in [0, 0.05) is 17.8 Å². The van der Waals surface area contributed by atoms with Crippen molar-refractivity contribution in [2.45, 2.75) is 43.0 Å². The predicted molar refractivity (Wildman–Crippen MR) is 85.7 cm³/mol. The molecule has 2 rings (SSSR count). The summed E-state index contributed by atoms with van der Waals surface area (Å²) in [6.45, 7) is 2.39. The van der Waals surface area contributed by atoms with Crippen LogP contribution in [-0.4, -0.2) is 39.5 Å². The Morgan fingerprint density at radius 3 is 2.48 bits per heavy atom. The molecular weight excluding hydrogens is 286 g/mol. The van der Waals surface area contributed by atoms with Crippen LogP contribution in [0.15, 0.2) is 23.1 Å². The number of nitrogens with one attached hydrogen (secondary N) is 1. The molecule has 5 nitrogen and oxygen atoms in total. The van der Waals surface area contributed by atoms with Crippen LogP contribution in [-0.2, 0) is 16.4 Å². The van der Waals surface area contributed by atoms with Gasteiger partial charge in [-0.3, -0.25) is 0 Å². The number of hydrogen-bond donors (Lipinski definition) is 2. The van der Waals surface area contributed by atoms with E-state index < -0.39 is 10.0 Å². The lowest BCUT2D eigenvalue weighted by Crippen LogP contribution is -2.57. The lowest BCUT2D eigenvalue weighted by molar-refractivity contribution is 0.0657. The molecule has 1 aromatic rings. The highest BCUT2D eigenvalue weighted by molar-refractivity contribution is 7.89. The second kappa shape index (κ2) is 5.94. The molecule has 1 aromatic carbocycles. The third kappa shape index (κ3) is 3.22. The molecule has 3 N–H and O–H groups in total. The minimum Gasteiger partial charge on any atom is -0.399 e. The van der Waals surface area contributed by atoms with Crippen LogP contribution in [0.25, 0.3) is 0 Å². The number of benzene rings is 1. The molecule has 0 amide bonds. The summed E-state index contributed by atoms with van der Waals surface area (Å²) in [5.74, 6) is 0. The van der Waals surface area contributed by atoms with E-state index in [0.717, 1.165) is 24.8 Å². The van der Waals surface area contributed by atoms with Gasteiger partial charge in [0.1, 0.15) is 0 Å². The Kier molecular flexibility index (Phi) is 4.60. The van der Waals surface area contributed by atoms with Crippen molar-refractivity contribution in [3.05, 3.63) is 23.8 Å². The number of anilines is 1. The summed E-state index contributed by atoms with van der Waals surface area (Å²) in [6, 6.07) is 5.07. The first-order valence-corrected chi connectivity index (χ1v) is 8.84. The van der Waals surface area contributed by atoms with E-state index >= 15 is 0 Å². The number of nitrogens with two attached hydrogens (primary N) is 1. The Balaban J connectivity index is 2.21. The van der Waals surface area contributed by atoms with Crippen molar-refractivity contribution in [2.75, 3.05) is 26.4 Å². The number of nitrogen functional groups attached to an aromatic ring is 1. The Bertz CT molecular complexity index is 607.